The topological polar surface area (TPSA) is 85.2 Å². The number of nitrogens with zero attached hydrogens (tertiary/aromatic N) is 5. The van der Waals surface area contributed by atoms with Crippen LogP contribution in [0.15, 0.2) is 67.1 Å². The van der Waals surface area contributed by atoms with Gasteiger partial charge in [0.2, 0.25) is 0 Å². The molecule has 1 N–H and O–H groups in total. The number of benzene rings is 2. The number of ether oxygens (including phenoxy) is 1. The minimum atomic E-state index is -1.54. The fraction of sp³-hybridized carbons (Fsp3) is 0.333. The zero-order valence-electron chi connectivity index (χ0n) is 20.6. The summed E-state index contributed by atoms with van der Waals surface area (Å²) in [5.74, 6) is 1.22. The van der Waals surface area contributed by atoms with Gasteiger partial charge in [0.05, 0.1) is 17.4 Å². The first-order valence-corrected chi connectivity index (χ1v) is 12.0. The molecular weight excluding hydrogens is 459 g/mol. The second-order valence-electron chi connectivity index (χ2n) is 9.98. The van der Waals surface area contributed by atoms with E-state index in [1.807, 2.05) is 63.2 Å². The van der Waals surface area contributed by atoms with E-state index in [1.54, 1.807) is 34.2 Å². The molecule has 0 atom stereocenters. The standard InChI is InChI=1S/C27H29FN6O2/c1-26(2,3)36-25(35)33-15-11-27(28,12-16-33)19-7-6-8-20(17-19)34-22-10-5-4-9-21(22)24(32-34)31-23-18-29-13-14-30-23/h4-10,13-14,17-18H,11-12,15-16H2,1-3H3,(H,30,31,32). The number of carbonyl (C=O) groups excluding carboxylic acids is 1. The van der Waals surface area contributed by atoms with Crippen LogP contribution in [0.3, 0.4) is 0 Å². The van der Waals surface area contributed by atoms with Gasteiger partial charge < -0.3 is 15.0 Å². The fourth-order valence-electron chi connectivity index (χ4n) is 4.42. The number of para-hydroxylation sites is 1. The molecule has 1 amide bonds. The van der Waals surface area contributed by atoms with Crippen molar-refractivity contribution in [2.24, 2.45) is 0 Å². The van der Waals surface area contributed by atoms with Crippen molar-refractivity contribution in [1.29, 1.82) is 0 Å². The quantitative estimate of drug-likeness (QED) is 0.393. The molecule has 36 heavy (non-hydrogen) atoms. The maximum Gasteiger partial charge on any atom is 0.410 e. The largest absolute Gasteiger partial charge is 0.444 e. The maximum absolute atomic E-state index is 16.1. The van der Waals surface area contributed by atoms with Crippen LogP contribution in [0.2, 0.25) is 0 Å². The van der Waals surface area contributed by atoms with Crippen LogP contribution < -0.4 is 5.32 Å². The number of nitrogens with one attached hydrogen (secondary N) is 1. The number of carbonyl (C=O) groups is 1. The van der Waals surface area contributed by atoms with Crippen molar-refractivity contribution in [1.82, 2.24) is 24.6 Å². The Morgan fingerprint density at radius 1 is 1.08 bits per heavy atom. The highest BCUT2D eigenvalue weighted by atomic mass is 19.1. The van der Waals surface area contributed by atoms with Gasteiger partial charge in [-0.15, -0.1) is 5.10 Å². The highest BCUT2D eigenvalue weighted by Gasteiger charge is 2.39. The second-order valence-corrected chi connectivity index (χ2v) is 9.98. The zero-order valence-corrected chi connectivity index (χ0v) is 20.6. The third kappa shape index (κ3) is 4.86. The molecule has 1 fully saturated rings. The van der Waals surface area contributed by atoms with Crippen molar-refractivity contribution in [3.63, 3.8) is 0 Å². The monoisotopic (exact) mass is 488 g/mol. The van der Waals surface area contributed by atoms with Crippen LogP contribution in [0.25, 0.3) is 16.6 Å². The average Bonchev–Trinajstić information content (AvgIpc) is 3.22. The molecule has 0 spiro atoms. The molecule has 186 valence electrons. The SMILES string of the molecule is CC(C)(C)OC(=O)N1CCC(F)(c2cccc(-n3nc(Nc4cnccn4)c4ccccc43)c2)CC1. The van der Waals surface area contributed by atoms with Crippen molar-refractivity contribution in [3.05, 3.63) is 72.7 Å². The van der Waals surface area contributed by atoms with Gasteiger partial charge >= 0.3 is 6.09 Å². The molecule has 2 aromatic carbocycles. The third-order valence-corrected chi connectivity index (χ3v) is 6.21. The lowest BCUT2D eigenvalue weighted by atomic mass is 9.86. The minimum absolute atomic E-state index is 0.203. The van der Waals surface area contributed by atoms with Gasteiger partial charge in [-0.05, 0) is 50.6 Å². The van der Waals surface area contributed by atoms with E-state index in [4.69, 9.17) is 9.84 Å². The Morgan fingerprint density at radius 2 is 1.86 bits per heavy atom. The number of likely N-dealkylation sites (tertiary alicyclic amines) is 1. The number of hydrogen-bond acceptors (Lipinski definition) is 6. The summed E-state index contributed by atoms with van der Waals surface area (Å²) in [6.07, 6.45) is 4.86. The van der Waals surface area contributed by atoms with Gasteiger partial charge in [0.15, 0.2) is 5.82 Å². The summed E-state index contributed by atoms with van der Waals surface area (Å²) in [7, 11) is 0. The Hall–Kier alpha value is -4.01. The van der Waals surface area contributed by atoms with Gasteiger partial charge in [0, 0.05) is 43.7 Å². The number of amides is 1. The van der Waals surface area contributed by atoms with Crippen LogP contribution in [-0.2, 0) is 10.4 Å². The highest BCUT2D eigenvalue weighted by Crippen LogP contribution is 2.38. The number of anilines is 2. The number of fused-ring (bicyclic) bond motifs is 1. The van der Waals surface area contributed by atoms with Crippen molar-refractivity contribution in [3.8, 4) is 5.69 Å². The van der Waals surface area contributed by atoms with E-state index in [2.05, 4.69) is 15.3 Å². The lowest BCUT2D eigenvalue weighted by Crippen LogP contribution is -2.45. The number of aromatic nitrogens is 4. The Bertz CT molecular complexity index is 1370. The first-order valence-electron chi connectivity index (χ1n) is 12.0. The van der Waals surface area contributed by atoms with Crippen LogP contribution in [-0.4, -0.2) is 49.4 Å². The van der Waals surface area contributed by atoms with Crippen LogP contribution in [0.1, 0.15) is 39.2 Å². The van der Waals surface area contributed by atoms with Crippen LogP contribution in [0.4, 0.5) is 20.8 Å². The van der Waals surface area contributed by atoms with Crippen molar-refractivity contribution >= 4 is 28.6 Å². The zero-order chi connectivity index (χ0) is 25.3. The molecule has 1 aliphatic rings. The highest BCUT2D eigenvalue weighted by molar-refractivity contribution is 5.92. The minimum Gasteiger partial charge on any atom is -0.444 e. The normalized spacial score (nSPS) is 15.6. The number of alkyl halides is 1. The molecule has 9 heteroatoms. The Labute approximate surface area is 209 Å². The molecule has 1 saturated heterocycles. The molecule has 0 radical (unpaired) electrons. The third-order valence-electron chi connectivity index (χ3n) is 6.21. The Balaban J connectivity index is 1.41. The van der Waals surface area contributed by atoms with Crippen LogP contribution in [0, 0.1) is 0 Å². The van der Waals surface area contributed by atoms with Gasteiger partial charge in [-0.1, -0.05) is 24.3 Å². The van der Waals surface area contributed by atoms with E-state index in [0.717, 1.165) is 16.6 Å². The lowest BCUT2D eigenvalue weighted by molar-refractivity contribution is 0.00220. The molecule has 0 bridgehead atoms. The number of halogens is 1. The Kier molecular flexibility index (Phi) is 6.07. The van der Waals surface area contributed by atoms with E-state index in [0.29, 0.717) is 30.3 Å². The predicted octanol–water partition coefficient (Wildman–Crippen LogP) is 5.75. The van der Waals surface area contributed by atoms with Gasteiger partial charge in [-0.3, -0.25) is 4.98 Å². The number of piperidine rings is 1. The number of rotatable bonds is 4. The van der Waals surface area contributed by atoms with E-state index < -0.39 is 17.4 Å². The smallest absolute Gasteiger partial charge is 0.410 e. The Morgan fingerprint density at radius 3 is 2.58 bits per heavy atom. The molecule has 5 rings (SSSR count). The van der Waals surface area contributed by atoms with E-state index in [9.17, 15) is 4.79 Å². The molecule has 8 nitrogen and oxygen atoms in total. The molecule has 2 aromatic heterocycles. The number of hydrogen-bond donors (Lipinski definition) is 1. The first kappa shape index (κ1) is 23.7. The van der Waals surface area contributed by atoms with Gasteiger partial charge in [-0.2, -0.15) is 0 Å². The molecule has 0 aliphatic carbocycles. The van der Waals surface area contributed by atoms with E-state index >= 15 is 4.39 Å². The molecule has 1 aliphatic heterocycles. The molecule has 3 heterocycles. The fourth-order valence-corrected chi connectivity index (χ4v) is 4.42. The average molecular weight is 489 g/mol. The van der Waals surface area contributed by atoms with E-state index in [-0.39, 0.29) is 12.8 Å². The second kappa shape index (κ2) is 9.22. The summed E-state index contributed by atoms with van der Waals surface area (Å²) in [6, 6.07) is 15.2. The molecular formula is C27H29FN6O2. The van der Waals surface area contributed by atoms with Crippen LogP contribution >= 0.6 is 0 Å². The summed E-state index contributed by atoms with van der Waals surface area (Å²) in [6.45, 7) is 6.08. The summed E-state index contributed by atoms with van der Waals surface area (Å²) < 4.78 is 23.4. The summed E-state index contributed by atoms with van der Waals surface area (Å²) >= 11 is 0. The molecule has 0 unspecified atom stereocenters. The van der Waals surface area contributed by atoms with Crippen molar-refractivity contribution in [2.75, 3.05) is 18.4 Å². The summed E-state index contributed by atoms with van der Waals surface area (Å²) in [4.78, 5) is 22.4. The van der Waals surface area contributed by atoms with Gasteiger partial charge in [0.1, 0.15) is 17.1 Å². The maximum atomic E-state index is 16.1. The summed E-state index contributed by atoms with van der Waals surface area (Å²) in [5, 5.41) is 8.92. The molecule has 0 saturated carbocycles. The van der Waals surface area contributed by atoms with E-state index in [1.165, 1.54) is 0 Å². The summed E-state index contributed by atoms with van der Waals surface area (Å²) in [5.41, 5.74) is 0.0873. The van der Waals surface area contributed by atoms with Gasteiger partial charge in [0.25, 0.3) is 0 Å². The molecule has 4 aromatic rings. The van der Waals surface area contributed by atoms with Crippen molar-refractivity contribution in [2.45, 2.75) is 44.9 Å². The predicted molar refractivity (Wildman–Crippen MR) is 136 cm³/mol. The van der Waals surface area contributed by atoms with Crippen molar-refractivity contribution < 1.29 is 13.9 Å². The van der Waals surface area contributed by atoms with Gasteiger partial charge in [-0.25, -0.2) is 18.9 Å². The van der Waals surface area contributed by atoms with Crippen LogP contribution in [0.5, 0.6) is 0 Å². The lowest BCUT2D eigenvalue weighted by Gasteiger charge is -2.37. The first-order chi connectivity index (χ1) is 17.2.